The van der Waals surface area contributed by atoms with Gasteiger partial charge in [-0.25, -0.2) is 9.67 Å². The molecule has 0 atom stereocenters. The molecule has 4 rings (SSSR count). The molecule has 8 nitrogen and oxygen atoms in total. The molecule has 0 saturated heterocycles. The van der Waals surface area contributed by atoms with Crippen LogP contribution in [0.15, 0.2) is 67.0 Å². The minimum atomic E-state index is -0.758. The molecule has 0 radical (unpaired) electrons. The molecule has 0 fully saturated rings. The number of benzene rings is 2. The monoisotopic (exact) mass is 439 g/mol. The fourth-order valence-electron chi connectivity index (χ4n) is 2.61. The number of carbonyl (C=O) groups is 2. The summed E-state index contributed by atoms with van der Waals surface area (Å²) in [5.41, 5.74) is 5.70. The van der Waals surface area contributed by atoms with E-state index in [4.69, 9.17) is 11.6 Å². The second-order valence-corrected chi connectivity index (χ2v) is 7.50. The van der Waals surface area contributed by atoms with Crippen molar-refractivity contribution in [2.75, 3.05) is 0 Å². The number of nitrogens with one attached hydrogen (secondary N) is 2. The summed E-state index contributed by atoms with van der Waals surface area (Å²) in [5.74, 6) is -1.63. The molecular weight excluding hydrogens is 426 g/mol. The third-order valence-electron chi connectivity index (χ3n) is 4.05. The number of nitrogens with zero attached hydrogens (tertiary/aromatic N) is 3. The minimum Gasteiger partial charge on any atom is -0.504 e. The Labute approximate surface area is 179 Å². The number of halogens is 1. The van der Waals surface area contributed by atoms with E-state index in [0.29, 0.717) is 21.3 Å². The van der Waals surface area contributed by atoms with Crippen molar-refractivity contribution in [1.29, 1.82) is 0 Å². The van der Waals surface area contributed by atoms with Crippen molar-refractivity contribution >= 4 is 34.8 Å². The van der Waals surface area contributed by atoms with Crippen molar-refractivity contribution in [2.45, 2.75) is 0 Å². The van der Waals surface area contributed by atoms with Gasteiger partial charge in [0.2, 0.25) is 0 Å². The van der Waals surface area contributed by atoms with Crippen molar-refractivity contribution in [3.05, 3.63) is 82.6 Å². The predicted octanol–water partition coefficient (Wildman–Crippen LogP) is 3.43. The molecule has 4 aromatic rings. The van der Waals surface area contributed by atoms with Gasteiger partial charge in [0.15, 0.2) is 11.4 Å². The molecule has 10 heteroatoms. The quantitative estimate of drug-likeness (QED) is 0.422. The van der Waals surface area contributed by atoms with Crippen LogP contribution in [0, 0.1) is 0 Å². The molecule has 2 aromatic carbocycles. The fraction of sp³-hybridized carbons (Fsp3) is 0. The van der Waals surface area contributed by atoms with Gasteiger partial charge in [-0.3, -0.25) is 20.4 Å². The lowest BCUT2D eigenvalue weighted by Gasteiger charge is -2.04. The van der Waals surface area contributed by atoms with E-state index in [1.807, 2.05) is 12.1 Å². The molecule has 0 unspecified atom stereocenters. The maximum Gasteiger partial charge on any atom is 0.294 e. The lowest BCUT2D eigenvalue weighted by molar-refractivity contribution is 0.0844. The van der Waals surface area contributed by atoms with Crippen LogP contribution in [0.4, 0.5) is 0 Å². The SMILES string of the molecule is O=C(NNC(=O)c1nn(-c2ccccc2)cc1O)c1cnc(-c2ccccc2Cl)s1. The number of hydrazine groups is 1. The highest BCUT2D eigenvalue weighted by atomic mass is 35.5. The first kappa shape index (κ1) is 19.6. The van der Waals surface area contributed by atoms with Gasteiger partial charge in [0, 0.05) is 5.56 Å². The highest BCUT2D eigenvalue weighted by Gasteiger charge is 2.19. The van der Waals surface area contributed by atoms with Crippen molar-refractivity contribution in [3.8, 4) is 22.0 Å². The molecule has 0 aliphatic heterocycles. The summed E-state index contributed by atoms with van der Waals surface area (Å²) < 4.78 is 1.37. The highest BCUT2D eigenvalue weighted by molar-refractivity contribution is 7.17. The molecule has 0 spiro atoms. The number of amides is 2. The molecule has 150 valence electrons. The van der Waals surface area contributed by atoms with Gasteiger partial charge in [0.1, 0.15) is 9.88 Å². The molecule has 2 amide bonds. The van der Waals surface area contributed by atoms with E-state index >= 15 is 0 Å². The average molecular weight is 440 g/mol. The molecule has 3 N–H and O–H groups in total. The van der Waals surface area contributed by atoms with Gasteiger partial charge in [-0.2, -0.15) is 5.10 Å². The fourth-order valence-corrected chi connectivity index (χ4v) is 3.74. The van der Waals surface area contributed by atoms with Crippen molar-refractivity contribution in [3.63, 3.8) is 0 Å². The van der Waals surface area contributed by atoms with Gasteiger partial charge in [-0.05, 0) is 18.2 Å². The van der Waals surface area contributed by atoms with Crippen LogP contribution in [0.2, 0.25) is 5.02 Å². The summed E-state index contributed by atoms with van der Waals surface area (Å²) in [4.78, 5) is 29.2. The van der Waals surface area contributed by atoms with Crippen molar-refractivity contribution < 1.29 is 14.7 Å². The first-order valence-corrected chi connectivity index (χ1v) is 9.88. The number of aromatic nitrogens is 3. The molecule has 0 aliphatic carbocycles. The average Bonchev–Trinajstić information content (AvgIpc) is 3.40. The normalized spacial score (nSPS) is 10.6. The Hall–Kier alpha value is -3.69. The lowest BCUT2D eigenvalue weighted by Crippen LogP contribution is -2.41. The summed E-state index contributed by atoms with van der Waals surface area (Å²) in [5, 5.41) is 15.2. The van der Waals surface area contributed by atoms with Crippen molar-refractivity contribution in [2.24, 2.45) is 0 Å². The van der Waals surface area contributed by atoms with E-state index in [0.717, 1.165) is 11.3 Å². The van der Waals surface area contributed by atoms with Crippen LogP contribution < -0.4 is 10.9 Å². The van der Waals surface area contributed by atoms with Crippen molar-refractivity contribution in [1.82, 2.24) is 25.6 Å². The Kier molecular flexibility index (Phi) is 5.46. The summed E-state index contributed by atoms with van der Waals surface area (Å²) >= 11 is 7.29. The zero-order valence-electron chi connectivity index (χ0n) is 15.2. The topological polar surface area (TPSA) is 109 Å². The van der Waals surface area contributed by atoms with Gasteiger partial charge in [-0.1, -0.05) is 48.0 Å². The maximum atomic E-state index is 12.3. The molecule has 0 saturated carbocycles. The number of rotatable bonds is 4. The molecule has 0 bridgehead atoms. The smallest absolute Gasteiger partial charge is 0.294 e. The summed E-state index contributed by atoms with van der Waals surface area (Å²) in [6, 6.07) is 16.2. The second-order valence-electron chi connectivity index (χ2n) is 6.06. The molecule has 2 aromatic heterocycles. The van der Waals surface area contributed by atoms with Crippen LogP contribution in [0.5, 0.6) is 5.75 Å². The molecular formula is C20H14ClN5O3S. The van der Waals surface area contributed by atoms with E-state index in [1.165, 1.54) is 17.1 Å². The second kappa shape index (κ2) is 8.36. The lowest BCUT2D eigenvalue weighted by atomic mass is 10.2. The Balaban J connectivity index is 1.43. The Morgan fingerprint density at radius 1 is 1.00 bits per heavy atom. The minimum absolute atomic E-state index is 0.222. The summed E-state index contributed by atoms with van der Waals surface area (Å²) in [6.07, 6.45) is 2.71. The van der Waals surface area contributed by atoms with Crippen LogP contribution in [0.3, 0.4) is 0 Å². The largest absolute Gasteiger partial charge is 0.504 e. The molecule has 2 heterocycles. The Bertz CT molecular complexity index is 1220. The van der Waals surface area contributed by atoms with E-state index in [9.17, 15) is 14.7 Å². The standard InChI is InChI=1S/C20H14ClN5O3S/c21-14-9-5-4-8-13(14)20-22-10-16(30-20)18(28)23-24-19(29)17-15(27)11-26(25-17)12-6-2-1-3-7-12/h1-11,27H,(H,23,28)(H,24,29). The van der Waals surface area contributed by atoms with E-state index < -0.39 is 11.8 Å². The van der Waals surface area contributed by atoms with Gasteiger partial charge in [0.25, 0.3) is 11.8 Å². The first-order chi connectivity index (χ1) is 14.5. The van der Waals surface area contributed by atoms with E-state index in [2.05, 4.69) is 20.9 Å². The summed E-state index contributed by atoms with van der Waals surface area (Å²) in [6.45, 7) is 0. The number of hydrogen-bond donors (Lipinski definition) is 3. The third kappa shape index (κ3) is 4.02. The number of thiazole rings is 1. The van der Waals surface area contributed by atoms with Gasteiger partial charge in [0.05, 0.1) is 23.1 Å². The number of aromatic hydroxyl groups is 1. The third-order valence-corrected chi connectivity index (χ3v) is 5.41. The van der Waals surface area contributed by atoms with Gasteiger partial charge < -0.3 is 5.11 Å². The Morgan fingerprint density at radius 2 is 1.70 bits per heavy atom. The van der Waals surface area contributed by atoms with E-state index in [1.54, 1.807) is 42.5 Å². The summed E-state index contributed by atoms with van der Waals surface area (Å²) in [7, 11) is 0. The van der Waals surface area contributed by atoms with Crippen LogP contribution in [-0.2, 0) is 0 Å². The number of hydrogen-bond acceptors (Lipinski definition) is 6. The molecule has 0 aliphatic rings. The maximum absolute atomic E-state index is 12.3. The molecule has 30 heavy (non-hydrogen) atoms. The van der Waals surface area contributed by atoms with Crippen LogP contribution in [-0.4, -0.2) is 31.7 Å². The Morgan fingerprint density at radius 3 is 2.47 bits per heavy atom. The van der Waals surface area contributed by atoms with Gasteiger partial charge >= 0.3 is 0 Å². The number of carbonyl (C=O) groups excluding carboxylic acids is 2. The number of para-hydroxylation sites is 1. The zero-order valence-corrected chi connectivity index (χ0v) is 16.8. The van der Waals surface area contributed by atoms with Crippen LogP contribution in [0.25, 0.3) is 16.3 Å². The highest BCUT2D eigenvalue weighted by Crippen LogP contribution is 2.30. The first-order valence-electron chi connectivity index (χ1n) is 8.68. The van der Waals surface area contributed by atoms with Crippen LogP contribution in [0.1, 0.15) is 20.2 Å². The zero-order chi connectivity index (χ0) is 21.1. The van der Waals surface area contributed by atoms with Crippen LogP contribution >= 0.6 is 22.9 Å². The predicted molar refractivity (Wildman–Crippen MR) is 113 cm³/mol. The van der Waals surface area contributed by atoms with Gasteiger partial charge in [-0.15, -0.1) is 11.3 Å². The van der Waals surface area contributed by atoms with E-state index in [-0.39, 0.29) is 16.3 Å².